The Morgan fingerprint density at radius 2 is 2.00 bits per heavy atom. The van der Waals surface area contributed by atoms with Crippen LogP contribution in [0.1, 0.15) is 67.0 Å². The number of carbonyl (C=O) groups excluding carboxylic acids is 2. The summed E-state index contributed by atoms with van der Waals surface area (Å²) in [4.78, 5) is 28.3. The van der Waals surface area contributed by atoms with Crippen molar-refractivity contribution in [3.05, 3.63) is 46.7 Å². The van der Waals surface area contributed by atoms with Gasteiger partial charge < -0.3 is 15.0 Å². The lowest BCUT2D eigenvalue weighted by atomic mass is 9.94. The van der Waals surface area contributed by atoms with Gasteiger partial charge in [-0.2, -0.15) is 0 Å². The molecule has 2 heterocycles. The molecule has 7 nitrogen and oxygen atoms in total. The molecule has 4 rings (SSSR count). The Hall–Kier alpha value is -2.39. The monoisotopic (exact) mass is 446 g/mol. The number of nitrogens with zero attached hydrogens (tertiary/aromatic N) is 3. The second kappa shape index (κ2) is 10.3. The fraction of sp³-hybridized carbons (Fsp3) is 0.545. The van der Waals surface area contributed by atoms with Crippen LogP contribution in [0.25, 0.3) is 0 Å². The number of hydrogen-bond acceptors (Lipinski definition) is 6. The summed E-state index contributed by atoms with van der Waals surface area (Å²) in [5.41, 5.74) is 0.320. The Labute approximate surface area is 185 Å². The first-order chi connectivity index (χ1) is 15.1. The van der Waals surface area contributed by atoms with Crippen LogP contribution in [0.5, 0.6) is 0 Å². The van der Waals surface area contributed by atoms with Crippen LogP contribution in [0.2, 0.25) is 0 Å². The molecule has 2 aromatic rings. The topological polar surface area (TPSA) is 84.4 Å². The van der Waals surface area contributed by atoms with Gasteiger partial charge in [0.25, 0.3) is 5.91 Å². The van der Waals surface area contributed by atoms with E-state index < -0.39 is 17.8 Å². The van der Waals surface area contributed by atoms with E-state index in [1.54, 1.807) is 23.6 Å². The Morgan fingerprint density at radius 3 is 2.68 bits per heavy atom. The second-order valence-corrected chi connectivity index (χ2v) is 8.76. The van der Waals surface area contributed by atoms with E-state index >= 15 is 0 Å². The van der Waals surface area contributed by atoms with E-state index in [0.717, 1.165) is 56.5 Å². The summed E-state index contributed by atoms with van der Waals surface area (Å²) < 4.78 is 24.4. The minimum absolute atomic E-state index is 0.0381. The van der Waals surface area contributed by atoms with Crippen molar-refractivity contribution in [2.45, 2.75) is 63.1 Å². The highest BCUT2D eigenvalue weighted by molar-refractivity contribution is 7.03. The maximum Gasteiger partial charge on any atom is 0.276 e. The summed E-state index contributed by atoms with van der Waals surface area (Å²) in [6, 6.07) is 5.06. The van der Waals surface area contributed by atoms with Crippen LogP contribution < -0.4 is 5.32 Å². The van der Waals surface area contributed by atoms with E-state index in [1.807, 2.05) is 0 Å². The molecule has 1 aromatic carbocycles. The lowest BCUT2D eigenvalue weighted by molar-refractivity contribution is -0.127. The zero-order chi connectivity index (χ0) is 21.6. The first-order valence-corrected chi connectivity index (χ1v) is 11.7. The number of halogens is 1. The second-order valence-electron chi connectivity index (χ2n) is 8.15. The van der Waals surface area contributed by atoms with Crippen LogP contribution in [0.3, 0.4) is 0 Å². The van der Waals surface area contributed by atoms with Crippen LogP contribution >= 0.6 is 11.5 Å². The van der Waals surface area contributed by atoms with Gasteiger partial charge in [0.2, 0.25) is 5.91 Å². The number of hydrogen-bond donors (Lipinski definition) is 1. The van der Waals surface area contributed by atoms with E-state index in [-0.39, 0.29) is 35.9 Å². The molecule has 1 aliphatic heterocycles. The van der Waals surface area contributed by atoms with Crippen molar-refractivity contribution in [2.24, 2.45) is 0 Å². The third kappa shape index (κ3) is 5.27. The molecule has 1 saturated heterocycles. The van der Waals surface area contributed by atoms with Crippen molar-refractivity contribution in [1.29, 1.82) is 0 Å². The molecule has 2 amide bonds. The number of ether oxygens (including phenoxy) is 1. The molecule has 9 heteroatoms. The van der Waals surface area contributed by atoms with Crippen molar-refractivity contribution in [1.82, 2.24) is 19.8 Å². The number of nitrogens with one attached hydrogen (secondary N) is 1. The first kappa shape index (κ1) is 21.8. The fourth-order valence-electron chi connectivity index (χ4n) is 4.39. The van der Waals surface area contributed by atoms with E-state index in [1.165, 1.54) is 11.0 Å². The zero-order valence-electron chi connectivity index (χ0n) is 17.3. The van der Waals surface area contributed by atoms with Crippen LogP contribution in [0.15, 0.2) is 29.6 Å². The summed E-state index contributed by atoms with van der Waals surface area (Å²) in [6.45, 7) is 0.803. The van der Waals surface area contributed by atoms with Gasteiger partial charge in [-0.25, -0.2) is 4.39 Å². The Morgan fingerprint density at radius 1 is 1.19 bits per heavy atom. The maximum atomic E-state index is 14.9. The van der Waals surface area contributed by atoms with E-state index in [4.69, 9.17) is 4.74 Å². The summed E-state index contributed by atoms with van der Waals surface area (Å²) in [7, 11) is 0. The Bertz CT molecular complexity index is 883. The highest BCUT2D eigenvalue weighted by Crippen LogP contribution is 2.29. The highest BCUT2D eigenvalue weighted by atomic mass is 32.1. The lowest BCUT2D eigenvalue weighted by Crippen LogP contribution is -2.49. The fourth-order valence-corrected chi connectivity index (χ4v) is 4.82. The van der Waals surface area contributed by atoms with Crippen LogP contribution in [0, 0.1) is 5.82 Å². The molecule has 0 spiro atoms. The van der Waals surface area contributed by atoms with Crippen LogP contribution in [-0.2, 0) is 9.53 Å². The SMILES string of the molecule is O=C(NC1CCCCC1)C(c1ccccc1F)N(CC1CCCO1)C(=O)c1csnn1. The van der Waals surface area contributed by atoms with Gasteiger partial charge in [-0.1, -0.05) is 41.9 Å². The van der Waals surface area contributed by atoms with Gasteiger partial charge in [0.1, 0.15) is 11.9 Å². The van der Waals surface area contributed by atoms with Gasteiger partial charge in [0, 0.05) is 30.1 Å². The number of rotatable bonds is 7. The van der Waals surface area contributed by atoms with Gasteiger partial charge >= 0.3 is 0 Å². The van der Waals surface area contributed by atoms with Crippen molar-refractivity contribution >= 4 is 23.3 Å². The van der Waals surface area contributed by atoms with Crippen molar-refractivity contribution in [3.63, 3.8) is 0 Å². The number of amides is 2. The summed E-state index contributed by atoms with van der Waals surface area (Å²) >= 11 is 1.06. The van der Waals surface area contributed by atoms with E-state index in [9.17, 15) is 14.0 Å². The van der Waals surface area contributed by atoms with Gasteiger partial charge in [0.05, 0.1) is 6.10 Å². The van der Waals surface area contributed by atoms with Crippen LogP contribution in [0.4, 0.5) is 4.39 Å². The Balaban J connectivity index is 1.68. The molecule has 2 fully saturated rings. The molecule has 166 valence electrons. The normalized spacial score (nSPS) is 20.4. The quantitative estimate of drug-likeness (QED) is 0.704. The number of carbonyl (C=O) groups is 2. The Kier molecular flexibility index (Phi) is 7.24. The molecule has 2 atom stereocenters. The summed E-state index contributed by atoms with van der Waals surface area (Å²) in [5.74, 6) is -1.34. The molecular weight excluding hydrogens is 419 g/mol. The van der Waals surface area contributed by atoms with Gasteiger partial charge in [-0.3, -0.25) is 9.59 Å². The van der Waals surface area contributed by atoms with Gasteiger partial charge in [-0.15, -0.1) is 5.10 Å². The minimum atomic E-state index is -1.11. The average molecular weight is 447 g/mol. The maximum absolute atomic E-state index is 14.9. The molecular formula is C22H27FN4O3S. The predicted molar refractivity (Wildman–Crippen MR) is 114 cm³/mol. The molecule has 0 radical (unpaired) electrons. The molecule has 1 aromatic heterocycles. The molecule has 1 N–H and O–H groups in total. The van der Waals surface area contributed by atoms with Crippen molar-refractivity contribution < 1.29 is 18.7 Å². The number of aromatic nitrogens is 2. The zero-order valence-corrected chi connectivity index (χ0v) is 18.2. The lowest BCUT2D eigenvalue weighted by Gasteiger charge is -2.34. The largest absolute Gasteiger partial charge is 0.376 e. The molecule has 0 bridgehead atoms. The minimum Gasteiger partial charge on any atom is -0.376 e. The molecule has 2 aliphatic rings. The van der Waals surface area contributed by atoms with Gasteiger partial charge in [0.15, 0.2) is 5.69 Å². The standard InChI is InChI=1S/C22H27FN4O3S/c23-18-11-5-4-10-17(18)20(21(28)24-15-7-2-1-3-8-15)27(13-16-9-6-12-30-16)22(29)19-14-31-26-25-19/h4-5,10-11,14-16,20H,1-3,6-9,12-13H2,(H,24,28). The van der Waals surface area contributed by atoms with Crippen molar-refractivity contribution in [2.75, 3.05) is 13.2 Å². The third-order valence-electron chi connectivity index (χ3n) is 5.98. The van der Waals surface area contributed by atoms with Gasteiger partial charge in [-0.05, 0) is 43.3 Å². The molecule has 1 saturated carbocycles. The summed E-state index contributed by atoms with van der Waals surface area (Å²) in [5, 5.41) is 8.52. The van der Waals surface area contributed by atoms with E-state index in [0.29, 0.717) is 6.61 Å². The smallest absolute Gasteiger partial charge is 0.276 e. The van der Waals surface area contributed by atoms with Crippen LogP contribution in [-0.4, -0.2) is 51.6 Å². The number of benzene rings is 1. The summed E-state index contributed by atoms with van der Waals surface area (Å²) in [6.07, 6.45) is 6.53. The predicted octanol–water partition coefficient (Wildman–Crippen LogP) is 3.49. The van der Waals surface area contributed by atoms with Crippen molar-refractivity contribution in [3.8, 4) is 0 Å². The third-order valence-corrected chi connectivity index (χ3v) is 6.48. The molecule has 2 unspecified atom stereocenters. The average Bonchev–Trinajstić information content (AvgIpc) is 3.49. The molecule has 1 aliphatic carbocycles. The molecule has 31 heavy (non-hydrogen) atoms. The van der Waals surface area contributed by atoms with E-state index in [2.05, 4.69) is 14.9 Å². The first-order valence-electron chi connectivity index (χ1n) is 10.9. The highest BCUT2D eigenvalue weighted by Gasteiger charge is 2.37.